The normalized spacial score (nSPS) is 19.0. The van der Waals surface area contributed by atoms with Gasteiger partial charge in [-0.05, 0) is 59.1 Å². The van der Waals surface area contributed by atoms with Crippen molar-refractivity contribution < 1.29 is 24.0 Å². The van der Waals surface area contributed by atoms with Crippen LogP contribution in [0.4, 0.5) is 0 Å². The molecule has 1 aliphatic heterocycles. The summed E-state index contributed by atoms with van der Waals surface area (Å²) in [5.41, 5.74) is 0.560. The maximum Gasteiger partial charge on any atom is 0.481 e. The summed E-state index contributed by atoms with van der Waals surface area (Å²) < 4.78 is 12.4. The third-order valence-corrected chi connectivity index (χ3v) is 6.76. The largest absolute Gasteiger partial charge is 0.481 e. The number of nitrogens with zero attached hydrogens (tertiary/aromatic N) is 1. The first-order valence-electron chi connectivity index (χ1n) is 12.5. The van der Waals surface area contributed by atoms with Crippen molar-refractivity contribution in [1.29, 1.82) is 0 Å². The quantitative estimate of drug-likeness (QED) is 0.460. The number of aromatic nitrogens is 1. The highest BCUT2D eigenvalue weighted by Gasteiger charge is 2.54. The molecule has 1 aromatic carbocycles. The first kappa shape index (κ1) is 27.8. The number of aliphatic hydroxyl groups is 1. The summed E-state index contributed by atoms with van der Waals surface area (Å²) in [4.78, 5) is 30.8. The third-order valence-electron chi connectivity index (χ3n) is 6.76. The van der Waals surface area contributed by atoms with Crippen LogP contribution in [0.25, 0.3) is 11.3 Å². The molecule has 3 atom stereocenters. The zero-order valence-electron chi connectivity index (χ0n) is 22.2. The van der Waals surface area contributed by atoms with Crippen LogP contribution in [0.1, 0.15) is 65.4 Å². The van der Waals surface area contributed by atoms with Gasteiger partial charge in [0.05, 0.1) is 28.9 Å². The second-order valence-electron chi connectivity index (χ2n) is 10.8. The Morgan fingerprint density at radius 3 is 2.11 bits per heavy atom. The summed E-state index contributed by atoms with van der Waals surface area (Å²) in [6.45, 7) is 13.4. The fraction of sp³-hybridized carbons (Fsp3) is 0.519. The van der Waals surface area contributed by atoms with Crippen LogP contribution < -0.4 is 10.6 Å². The molecule has 3 rings (SSSR count). The number of pyridine rings is 1. The molecule has 2 heterocycles. The number of benzene rings is 1. The lowest BCUT2D eigenvalue weighted by molar-refractivity contribution is -0.125. The standard InChI is InChI=1S/C27H38BN3O5/c1-17(2)16-22(28-35-26(4,5)27(6,7)36-28)30-25(34)23(18(3)32)31-24(33)21-15-11-14-20(29-21)19-12-9-8-10-13-19/h8-15,17-18,22-23,32H,16H2,1-7H3,(H,30,34)(H,31,33)/t18-,22+,23+/m1/s1. The van der Waals surface area contributed by atoms with Crippen LogP contribution in [0, 0.1) is 5.92 Å². The molecule has 0 unspecified atom stereocenters. The monoisotopic (exact) mass is 495 g/mol. The lowest BCUT2D eigenvalue weighted by Crippen LogP contribution is -2.58. The number of hydrogen-bond acceptors (Lipinski definition) is 6. The number of amides is 2. The van der Waals surface area contributed by atoms with Gasteiger partial charge in [-0.1, -0.05) is 50.2 Å². The summed E-state index contributed by atoms with van der Waals surface area (Å²) in [5.74, 6) is -1.28. The van der Waals surface area contributed by atoms with Gasteiger partial charge in [-0.25, -0.2) is 4.98 Å². The molecule has 1 aromatic heterocycles. The topological polar surface area (TPSA) is 110 Å². The molecule has 0 spiro atoms. The van der Waals surface area contributed by atoms with Gasteiger partial charge in [0.2, 0.25) is 5.91 Å². The Hall–Kier alpha value is -2.75. The molecular formula is C27H38BN3O5. The highest BCUT2D eigenvalue weighted by molar-refractivity contribution is 6.48. The van der Waals surface area contributed by atoms with Crippen molar-refractivity contribution in [2.24, 2.45) is 5.92 Å². The molecule has 0 radical (unpaired) electrons. The van der Waals surface area contributed by atoms with E-state index in [-0.39, 0.29) is 11.6 Å². The van der Waals surface area contributed by atoms with E-state index in [1.807, 2.05) is 77.9 Å². The van der Waals surface area contributed by atoms with Crippen LogP contribution in [-0.4, -0.2) is 58.3 Å². The molecule has 0 saturated carbocycles. The van der Waals surface area contributed by atoms with E-state index in [0.29, 0.717) is 12.1 Å². The molecule has 3 N–H and O–H groups in total. The minimum absolute atomic E-state index is 0.152. The highest BCUT2D eigenvalue weighted by atomic mass is 16.7. The molecule has 2 aromatic rings. The van der Waals surface area contributed by atoms with E-state index in [9.17, 15) is 14.7 Å². The summed E-state index contributed by atoms with van der Waals surface area (Å²) in [5, 5.41) is 16.0. The Morgan fingerprint density at radius 2 is 1.56 bits per heavy atom. The van der Waals surface area contributed by atoms with E-state index < -0.39 is 48.2 Å². The molecule has 1 saturated heterocycles. The Balaban J connectivity index is 1.75. The predicted octanol–water partition coefficient (Wildman–Crippen LogP) is 3.39. The second kappa shape index (κ2) is 11.1. The molecule has 9 heteroatoms. The zero-order valence-corrected chi connectivity index (χ0v) is 22.2. The molecule has 0 aliphatic carbocycles. The number of nitrogens with one attached hydrogen (secondary N) is 2. The SMILES string of the molecule is CC(C)C[C@H](NC(=O)[C@@H](NC(=O)c1cccc(-c2ccccc2)n1)[C@@H](C)O)B1OC(C)(C)C(C)(C)O1. The lowest BCUT2D eigenvalue weighted by Gasteiger charge is -2.32. The van der Waals surface area contributed by atoms with Gasteiger partial charge in [0.15, 0.2) is 0 Å². The smallest absolute Gasteiger partial charge is 0.402 e. The molecular weight excluding hydrogens is 457 g/mol. The number of rotatable bonds is 9. The van der Waals surface area contributed by atoms with Crippen molar-refractivity contribution >= 4 is 18.9 Å². The number of carbonyl (C=O) groups excluding carboxylic acids is 2. The van der Waals surface area contributed by atoms with Crippen molar-refractivity contribution in [3.8, 4) is 11.3 Å². The van der Waals surface area contributed by atoms with Gasteiger partial charge in [0, 0.05) is 5.56 Å². The summed E-state index contributed by atoms with van der Waals surface area (Å²) in [6.07, 6.45) is -0.534. The van der Waals surface area contributed by atoms with E-state index in [2.05, 4.69) is 15.6 Å². The molecule has 8 nitrogen and oxygen atoms in total. The van der Waals surface area contributed by atoms with Gasteiger partial charge >= 0.3 is 7.12 Å². The fourth-order valence-electron chi connectivity index (χ4n) is 4.02. The molecule has 194 valence electrons. The first-order valence-corrected chi connectivity index (χ1v) is 12.5. The third kappa shape index (κ3) is 6.52. The lowest BCUT2D eigenvalue weighted by atomic mass is 9.74. The van der Waals surface area contributed by atoms with E-state index in [1.54, 1.807) is 12.1 Å². The summed E-state index contributed by atoms with van der Waals surface area (Å²) in [6, 6.07) is 13.4. The molecule has 2 amide bonds. The molecule has 0 bridgehead atoms. The average molecular weight is 495 g/mol. The van der Waals surface area contributed by atoms with Crippen LogP contribution in [-0.2, 0) is 14.1 Å². The van der Waals surface area contributed by atoms with Crippen LogP contribution in [0.15, 0.2) is 48.5 Å². The average Bonchev–Trinajstić information content (AvgIpc) is 3.03. The molecule has 1 fully saturated rings. The van der Waals surface area contributed by atoms with Crippen LogP contribution in [0.2, 0.25) is 0 Å². The minimum Gasteiger partial charge on any atom is -0.402 e. The Morgan fingerprint density at radius 1 is 0.944 bits per heavy atom. The maximum atomic E-state index is 13.3. The number of aliphatic hydroxyl groups excluding tert-OH is 1. The molecule has 36 heavy (non-hydrogen) atoms. The number of carbonyl (C=O) groups is 2. The Labute approximate surface area is 214 Å². The summed E-state index contributed by atoms with van der Waals surface area (Å²) in [7, 11) is -0.657. The number of hydrogen-bond donors (Lipinski definition) is 3. The van der Waals surface area contributed by atoms with Gasteiger partial charge in [0.25, 0.3) is 5.91 Å². The van der Waals surface area contributed by atoms with E-state index in [1.165, 1.54) is 6.92 Å². The fourth-order valence-corrected chi connectivity index (χ4v) is 4.02. The van der Waals surface area contributed by atoms with E-state index in [0.717, 1.165) is 5.56 Å². The van der Waals surface area contributed by atoms with Crippen LogP contribution >= 0.6 is 0 Å². The van der Waals surface area contributed by atoms with E-state index in [4.69, 9.17) is 9.31 Å². The van der Waals surface area contributed by atoms with Gasteiger partial charge in [-0.3, -0.25) is 9.59 Å². The van der Waals surface area contributed by atoms with Crippen LogP contribution in [0.5, 0.6) is 0 Å². The van der Waals surface area contributed by atoms with Crippen molar-refractivity contribution in [3.63, 3.8) is 0 Å². The van der Waals surface area contributed by atoms with Gasteiger partial charge in [0.1, 0.15) is 11.7 Å². The zero-order chi connectivity index (χ0) is 26.7. The van der Waals surface area contributed by atoms with Crippen LogP contribution in [0.3, 0.4) is 0 Å². The molecule has 1 aliphatic rings. The summed E-state index contributed by atoms with van der Waals surface area (Å²) >= 11 is 0. The first-order chi connectivity index (χ1) is 16.8. The van der Waals surface area contributed by atoms with Crippen molar-refractivity contribution in [1.82, 2.24) is 15.6 Å². The van der Waals surface area contributed by atoms with Crippen molar-refractivity contribution in [3.05, 3.63) is 54.2 Å². The van der Waals surface area contributed by atoms with Crippen molar-refractivity contribution in [2.45, 2.75) is 84.2 Å². The predicted molar refractivity (Wildman–Crippen MR) is 140 cm³/mol. The van der Waals surface area contributed by atoms with E-state index >= 15 is 0 Å². The maximum absolute atomic E-state index is 13.3. The van der Waals surface area contributed by atoms with Crippen molar-refractivity contribution in [2.75, 3.05) is 0 Å². The Kier molecular flexibility index (Phi) is 8.59. The Bertz CT molecular complexity index is 1040. The minimum atomic E-state index is -1.18. The van der Waals surface area contributed by atoms with Gasteiger partial charge in [-0.2, -0.15) is 0 Å². The second-order valence-corrected chi connectivity index (χ2v) is 10.8. The highest BCUT2D eigenvalue weighted by Crippen LogP contribution is 2.38. The van der Waals surface area contributed by atoms with Gasteiger partial charge < -0.3 is 25.0 Å². The van der Waals surface area contributed by atoms with Gasteiger partial charge in [-0.15, -0.1) is 0 Å².